The molecule has 1 aliphatic rings. The van der Waals surface area contributed by atoms with E-state index in [9.17, 15) is 0 Å². The molecule has 1 unspecified atom stereocenters. The molecule has 0 spiro atoms. The van der Waals surface area contributed by atoms with Crippen molar-refractivity contribution in [2.24, 2.45) is 11.7 Å². The third kappa shape index (κ3) is 3.89. The van der Waals surface area contributed by atoms with Crippen molar-refractivity contribution >= 4 is 11.6 Å². The maximum Gasteiger partial charge on any atom is 0.141 e. The van der Waals surface area contributed by atoms with Crippen LogP contribution in [0.4, 0.5) is 0 Å². The number of benzene rings is 1. The zero-order valence-electron chi connectivity index (χ0n) is 11.0. The van der Waals surface area contributed by atoms with Gasteiger partial charge in [0.15, 0.2) is 0 Å². The molecule has 1 aromatic rings. The van der Waals surface area contributed by atoms with Gasteiger partial charge in [-0.15, -0.1) is 0 Å². The molecule has 2 rings (SSSR count). The summed E-state index contributed by atoms with van der Waals surface area (Å²) >= 11 is 6.22. The number of ether oxygens (including phenoxy) is 1. The molecule has 0 radical (unpaired) electrons. The molecule has 18 heavy (non-hydrogen) atoms. The van der Waals surface area contributed by atoms with Crippen molar-refractivity contribution in [2.75, 3.05) is 6.61 Å². The monoisotopic (exact) mass is 267 g/mol. The van der Waals surface area contributed by atoms with Crippen molar-refractivity contribution in [3.63, 3.8) is 0 Å². The Morgan fingerprint density at radius 2 is 2.22 bits per heavy atom. The summed E-state index contributed by atoms with van der Waals surface area (Å²) in [7, 11) is 0. The molecule has 2 N–H and O–H groups in total. The van der Waals surface area contributed by atoms with E-state index in [4.69, 9.17) is 22.1 Å². The maximum atomic E-state index is 6.22. The van der Waals surface area contributed by atoms with Crippen molar-refractivity contribution < 1.29 is 4.74 Å². The minimum Gasteiger partial charge on any atom is -0.492 e. The molecular formula is C15H22ClNO. The normalized spacial score (nSPS) is 16.6. The van der Waals surface area contributed by atoms with Crippen LogP contribution in [0.5, 0.6) is 5.75 Å². The van der Waals surface area contributed by atoms with Crippen LogP contribution < -0.4 is 10.5 Å². The van der Waals surface area contributed by atoms with Crippen LogP contribution >= 0.6 is 11.6 Å². The molecule has 3 heteroatoms. The predicted octanol–water partition coefficient (Wildman–Crippen LogP) is 3.80. The second-order valence-corrected chi connectivity index (χ2v) is 5.59. The van der Waals surface area contributed by atoms with E-state index in [1.54, 1.807) is 0 Å². The van der Waals surface area contributed by atoms with Crippen molar-refractivity contribution in [1.29, 1.82) is 0 Å². The number of halogens is 1. The van der Waals surface area contributed by atoms with Gasteiger partial charge in [0.05, 0.1) is 11.6 Å². The highest BCUT2D eigenvalue weighted by atomic mass is 35.5. The van der Waals surface area contributed by atoms with E-state index in [0.717, 1.165) is 43.1 Å². The molecule has 0 amide bonds. The summed E-state index contributed by atoms with van der Waals surface area (Å²) in [5.74, 6) is 1.72. The summed E-state index contributed by atoms with van der Waals surface area (Å²) < 4.78 is 5.88. The van der Waals surface area contributed by atoms with E-state index in [0.29, 0.717) is 5.02 Å². The Morgan fingerprint density at radius 3 is 2.89 bits per heavy atom. The SMILES string of the molecule is CCC(N)Cc1cccc(Cl)c1OCCC1CC1. The number of rotatable bonds is 7. The Morgan fingerprint density at radius 1 is 1.44 bits per heavy atom. The standard InChI is InChI=1S/C15H22ClNO/c1-2-13(17)10-12-4-3-5-14(16)15(12)18-9-8-11-6-7-11/h3-5,11,13H,2,6-10,17H2,1H3. The van der Waals surface area contributed by atoms with Gasteiger partial charge in [0.1, 0.15) is 5.75 Å². The Hall–Kier alpha value is -0.730. The Labute approximate surface area is 114 Å². The molecule has 0 aromatic heterocycles. The summed E-state index contributed by atoms with van der Waals surface area (Å²) in [6, 6.07) is 6.09. The second kappa shape index (κ2) is 6.44. The highest BCUT2D eigenvalue weighted by Gasteiger charge is 2.21. The lowest BCUT2D eigenvalue weighted by Gasteiger charge is -2.15. The predicted molar refractivity (Wildman–Crippen MR) is 76.3 cm³/mol. The molecule has 1 saturated carbocycles. The first kappa shape index (κ1) is 13.7. The van der Waals surface area contributed by atoms with Crippen molar-refractivity contribution in [3.05, 3.63) is 28.8 Å². The quantitative estimate of drug-likeness (QED) is 0.816. The van der Waals surface area contributed by atoms with Crippen LogP contribution in [-0.2, 0) is 6.42 Å². The van der Waals surface area contributed by atoms with E-state index in [1.807, 2.05) is 12.1 Å². The largest absolute Gasteiger partial charge is 0.492 e. The molecule has 2 nitrogen and oxygen atoms in total. The average Bonchev–Trinajstić information content (AvgIpc) is 3.16. The van der Waals surface area contributed by atoms with E-state index in [2.05, 4.69) is 13.0 Å². The van der Waals surface area contributed by atoms with Crippen LogP contribution in [0, 0.1) is 5.92 Å². The fourth-order valence-corrected chi connectivity index (χ4v) is 2.29. The lowest BCUT2D eigenvalue weighted by Crippen LogP contribution is -2.21. The molecular weight excluding hydrogens is 246 g/mol. The van der Waals surface area contributed by atoms with Gasteiger partial charge in [-0.1, -0.05) is 43.5 Å². The Bertz CT molecular complexity index is 390. The van der Waals surface area contributed by atoms with Gasteiger partial charge in [0.25, 0.3) is 0 Å². The van der Waals surface area contributed by atoms with Crippen molar-refractivity contribution in [2.45, 2.75) is 45.1 Å². The average molecular weight is 268 g/mol. The van der Waals surface area contributed by atoms with E-state index >= 15 is 0 Å². The molecule has 1 atom stereocenters. The van der Waals surface area contributed by atoms with E-state index < -0.39 is 0 Å². The smallest absolute Gasteiger partial charge is 0.141 e. The van der Waals surface area contributed by atoms with Crippen LogP contribution in [0.15, 0.2) is 18.2 Å². The summed E-state index contributed by atoms with van der Waals surface area (Å²) in [6.45, 7) is 2.87. The van der Waals surface area contributed by atoms with E-state index in [-0.39, 0.29) is 6.04 Å². The molecule has 100 valence electrons. The van der Waals surface area contributed by atoms with Gasteiger partial charge < -0.3 is 10.5 Å². The van der Waals surface area contributed by atoms with Crippen LogP contribution in [0.25, 0.3) is 0 Å². The third-order valence-electron chi connectivity index (χ3n) is 3.52. The third-order valence-corrected chi connectivity index (χ3v) is 3.82. The van der Waals surface area contributed by atoms with Crippen LogP contribution in [0.2, 0.25) is 5.02 Å². The molecule has 1 aromatic carbocycles. The summed E-state index contributed by atoms with van der Waals surface area (Å²) in [5, 5.41) is 0.701. The first-order valence-corrected chi connectivity index (χ1v) is 7.24. The molecule has 0 aliphatic heterocycles. The van der Waals surface area contributed by atoms with Crippen LogP contribution in [-0.4, -0.2) is 12.6 Å². The zero-order valence-corrected chi connectivity index (χ0v) is 11.7. The number of hydrogen-bond acceptors (Lipinski definition) is 2. The first-order chi connectivity index (χ1) is 8.70. The fraction of sp³-hybridized carbons (Fsp3) is 0.600. The van der Waals surface area contributed by atoms with Crippen molar-refractivity contribution in [3.8, 4) is 5.75 Å². The fourth-order valence-electron chi connectivity index (χ4n) is 2.04. The zero-order chi connectivity index (χ0) is 13.0. The second-order valence-electron chi connectivity index (χ2n) is 5.18. The summed E-state index contributed by atoms with van der Waals surface area (Å²) in [6.07, 6.45) is 5.66. The molecule has 1 fully saturated rings. The summed E-state index contributed by atoms with van der Waals surface area (Å²) in [4.78, 5) is 0. The highest BCUT2D eigenvalue weighted by molar-refractivity contribution is 6.32. The van der Waals surface area contributed by atoms with E-state index in [1.165, 1.54) is 12.8 Å². The van der Waals surface area contributed by atoms with Crippen LogP contribution in [0.3, 0.4) is 0 Å². The Kier molecular flexibility index (Phi) is 4.90. The van der Waals surface area contributed by atoms with Crippen molar-refractivity contribution in [1.82, 2.24) is 0 Å². The minimum atomic E-state index is 0.175. The topological polar surface area (TPSA) is 35.2 Å². The van der Waals surface area contributed by atoms with Gasteiger partial charge in [-0.2, -0.15) is 0 Å². The Balaban J connectivity index is 1.99. The molecule has 0 bridgehead atoms. The maximum absolute atomic E-state index is 6.22. The lowest BCUT2D eigenvalue weighted by molar-refractivity contribution is 0.299. The van der Waals surface area contributed by atoms with Gasteiger partial charge in [-0.25, -0.2) is 0 Å². The number of hydrogen-bond donors (Lipinski definition) is 1. The number of nitrogens with two attached hydrogens (primary N) is 1. The summed E-state index contributed by atoms with van der Waals surface area (Å²) in [5.41, 5.74) is 7.14. The van der Waals surface area contributed by atoms with Gasteiger partial charge in [-0.3, -0.25) is 0 Å². The molecule has 1 aliphatic carbocycles. The highest BCUT2D eigenvalue weighted by Crippen LogP contribution is 2.34. The molecule has 0 heterocycles. The molecule has 0 saturated heterocycles. The minimum absolute atomic E-state index is 0.175. The van der Waals surface area contributed by atoms with Gasteiger partial charge in [0, 0.05) is 6.04 Å². The lowest BCUT2D eigenvalue weighted by atomic mass is 10.0. The van der Waals surface area contributed by atoms with Gasteiger partial charge in [-0.05, 0) is 36.8 Å². The van der Waals surface area contributed by atoms with Gasteiger partial charge >= 0.3 is 0 Å². The van der Waals surface area contributed by atoms with Crippen LogP contribution in [0.1, 0.15) is 38.2 Å². The number of para-hydroxylation sites is 1. The first-order valence-electron chi connectivity index (χ1n) is 6.86. The van der Waals surface area contributed by atoms with Gasteiger partial charge in [0.2, 0.25) is 0 Å².